The summed E-state index contributed by atoms with van der Waals surface area (Å²) in [6.45, 7) is 0. The summed E-state index contributed by atoms with van der Waals surface area (Å²) < 4.78 is 18.6. The third kappa shape index (κ3) is 2.51. The molecule has 18 heavy (non-hydrogen) atoms. The van der Waals surface area contributed by atoms with Crippen molar-refractivity contribution in [2.75, 3.05) is 0 Å². The van der Waals surface area contributed by atoms with Crippen LogP contribution in [0.4, 0.5) is 10.1 Å². The SMILES string of the molecule is O=[N+]([O-])c1ccc(Oc2nccnc2Cl)c(F)c1. The van der Waals surface area contributed by atoms with E-state index in [0.29, 0.717) is 0 Å². The van der Waals surface area contributed by atoms with E-state index in [1.165, 1.54) is 12.4 Å². The molecule has 0 saturated carbocycles. The lowest BCUT2D eigenvalue weighted by Crippen LogP contribution is -1.94. The van der Waals surface area contributed by atoms with Crippen molar-refractivity contribution in [2.24, 2.45) is 0 Å². The van der Waals surface area contributed by atoms with Crippen LogP contribution in [0.15, 0.2) is 30.6 Å². The second kappa shape index (κ2) is 4.92. The van der Waals surface area contributed by atoms with E-state index in [0.717, 1.165) is 18.2 Å². The first-order chi connectivity index (χ1) is 8.58. The fourth-order valence-electron chi connectivity index (χ4n) is 1.17. The van der Waals surface area contributed by atoms with E-state index in [4.69, 9.17) is 16.3 Å². The molecule has 1 heterocycles. The van der Waals surface area contributed by atoms with Gasteiger partial charge in [0.05, 0.1) is 11.0 Å². The lowest BCUT2D eigenvalue weighted by Gasteiger charge is -2.05. The van der Waals surface area contributed by atoms with Gasteiger partial charge < -0.3 is 4.74 Å². The van der Waals surface area contributed by atoms with Gasteiger partial charge in [-0.2, -0.15) is 0 Å². The average Bonchev–Trinajstić information content (AvgIpc) is 2.34. The monoisotopic (exact) mass is 269 g/mol. The quantitative estimate of drug-likeness (QED) is 0.632. The Bertz CT molecular complexity index is 609. The molecular formula is C10H5ClFN3O3. The zero-order chi connectivity index (χ0) is 13.1. The first-order valence-corrected chi connectivity index (χ1v) is 5.04. The minimum absolute atomic E-state index is 0.0322. The highest BCUT2D eigenvalue weighted by Crippen LogP contribution is 2.28. The van der Waals surface area contributed by atoms with Crippen molar-refractivity contribution in [3.05, 3.63) is 51.7 Å². The molecule has 8 heteroatoms. The molecule has 92 valence electrons. The molecule has 0 spiro atoms. The second-order valence-electron chi connectivity index (χ2n) is 3.13. The lowest BCUT2D eigenvalue weighted by atomic mass is 10.3. The van der Waals surface area contributed by atoms with Crippen LogP contribution in [0.2, 0.25) is 5.15 Å². The third-order valence-electron chi connectivity index (χ3n) is 1.96. The smallest absolute Gasteiger partial charge is 0.272 e. The van der Waals surface area contributed by atoms with Crippen LogP contribution in [-0.2, 0) is 0 Å². The van der Waals surface area contributed by atoms with Crippen LogP contribution in [0.3, 0.4) is 0 Å². The number of benzene rings is 1. The number of aromatic nitrogens is 2. The number of rotatable bonds is 3. The Labute approximate surface area is 105 Å². The predicted octanol–water partition coefficient (Wildman–Crippen LogP) is 2.97. The van der Waals surface area contributed by atoms with E-state index >= 15 is 0 Å². The molecule has 2 aromatic rings. The minimum atomic E-state index is -0.883. The Morgan fingerprint density at radius 2 is 2.06 bits per heavy atom. The Morgan fingerprint density at radius 1 is 1.33 bits per heavy atom. The highest BCUT2D eigenvalue weighted by atomic mass is 35.5. The van der Waals surface area contributed by atoms with Gasteiger partial charge in [-0.3, -0.25) is 10.1 Å². The van der Waals surface area contributed by atoms with Crippen LogP contribution in [0, 0.1) is 15.9 Å². The molecule has 6 nitrogen and oxygen atoms in total. The van der Waals surface area contributed by atoms with Crippen molar-refractivity contribution in [1.82, 2.24) is 9.97 Å². The summed E-state index contributed by atoms with van der Waals surface area (Å²) >= 11 is 5.68. The normalized spacial score (nSPS) is 10.1. The van der Waals surface area contributed by atoms with Gasteiger partial charge in [-0.25, -0.2) is 14.4 Å². The largest absolute Gasteiger partial charge is 0.433 e. The Balaban J connectivity index is 2.30. The Hall–Kier alpha value is -2.28. The molecule has 2 rings (SSSR count). The predicted molar refractivity (Wildman–Crippen MR) is 60.2 cm³/mol. The number of ether oxygens (including phenoxy) is 1. The zero-order valence-electron chi connectivity index (χ0n) is 8.71. The van der Waals surface area contributed by atoms with E-state index in [2.05, 4.69) is 9.97 Å². The molecule has 0 atom stereocenters. The Morgan fingerprint density at radius 3 is 2.67 bits per heavy atom. The van der Waals surface area contributed by atoms with Gasteiger partial charge in [-0.15, -0.1) is 0 Å². The number of halogens is 2. The van der Waals surface area contributed by atoms with Gasteiger partial charge in [0.15, 0.2) is 16.7 Å². The molecule has 0 saturated heterocycles. The topological polar surface area (TPSA) is 78.2 Å². The molecule has 0 aliphatic carbocycles. The van der Waals surface area contributed by atoms with E-state index in [1.807, 2.05) is 0 Å². The first kappa shape index (κ1) is 12.2. The standard InChI is InChI=1S/C10H5ClFN3O3/c11-9-10(14-4-3-13-9)18-8-2-1-6(15(16)17)5-7(8)12/h1-5H. The molecular weight excluding hydrogens is 265 g/mol. The summed E-state index contributed by atoms with van der Waals surface area (Å²) in [4.78, 5) is 17.2. The van der Waals surface area contributed by atoms with Gasteiger partial charge in [-0.05, 0) is 6.07 Å². The minimum Gasteiger partial charge on any atom is -0.433 e. The highest BCUT2D eigenvalue weighted by Gasteiger charge is 2.14. The molecule has 0 N–H and O–H groups in total. The molecule has 0 fully saturated rings. The van der Waals surface area contributed by atoms with Crippen LogP contribution in [0.5, 0.6) is 11.6 Å². The van der Waals surface area contributed by atoms with Crippen LogP contribution < -0.4 is 4.74 Å². The maximum atomic E-state index is 13.5. The highest BCUT2D eigenvalue weighted by molar-refractivity contribution is 6.30. The average molecular weight is 270 g/mol. The van der Waals surface area contributed by atoms with Crippen molar-refractivity contribution in [1.29, 1.82) is 0 Å². The summed E-state index contributed by atoms with van der Waals surface area (Å²) in [6, 6.07) is 2.99. The first-order valence-electron chi connectivity index (χ1n) is 4.66. The maximum absolute atomic E-state index is 13.5. The molecule has 1 aromatic carbocycles. The third-order valence-corrected chi connectivity index (χ3v) is 2.21. The van der Waals surface area contributed by atoms with Gasteiger partial charge >= 0.3 is 0 Å². The van der Waals surface area contributed by atoms with Gasteiger partial charge in [-0.1, -0.05) is 11.6 Å². The summed E-state index contributed by atoms with van der Waals surface area (Å²) in [7, 11) is 0. The van der Waals surface area contributed by atoms with Crippen molar-refractivity contribution >= 4 is 17.3 Å². The van der Waals surface area contributed by atoms with E-state index < -0.39 is 10.7 Å². The molecule has 0 amide bonds. The van der Waals surface area contributed by atoms with Crippen molar-refractivity contribution in [3.8, 4) is 11.6 Å². The number of hydrogen-bond acceptors (Lipinski definition) is 5. The van der Waals surface area contributed by atoms with Crippen LogP contribution in [-0.4, -0.2) is 14.9 Å². The maximum Gasteiger partial charge on any atom is 0.272 e. The van der Waals surface area contributed by atoms with Gasteiger partial charge in [0.1, 0.15) is 0 Å². The summed E-state index contributed by atoms with van der Waals surface area (Å²) in [6.07, 6.45) is 2.67. The lowest BCUT2D eigenvalue weighted by molar-refractivity contribution is -0.385. The van der Waals surface area contributed by atoms with Crippen LogP contribution in [0.1, 0.15) is 0 Å². The summed E-state index contributed by atoms with van der Waals surface area (Å²) in [5, 5.41) is 10.4. The van der Waals surface area contributed by atoms with Crippen LogP contribution >= 0.6 is 11.6 Å². The van der Waals surface area contributed by atoms with Crippen molar-refractivity contribution in [3.63, 3.8) is 0 Å². The Kier molecular flexibility index (Phi) is 3.33. The molecule has 0 aliphatic heterocycles. The second-order valence-corrected chi connectivity index (χ2v) is 3.48. The fourth-order valence-corrected chi connectivity index (χ4v) is 1.31. The summed E-state index contributed by atoms with van der Waals surface area (Å²) in [5.41, 5.74) is -0.370. The van der Waals surface area contributed by atoms with E-state index in [-0.39, 0.29) is 22.5 Å². The zero-order valence-corrected chi connectivity index (χ0v) is 9.46. The molecule has 0 radical (unpaired) electrons. The fraction of sp³-hybridized carbons (Fsp3) is 0. The summed E-state index contributed by atoms with van der Waals surface area (Å²) in [5.74, 6) is -1.18. The van der Waals surface area contributed by atoms with Gasteiger partial charge in [0, 0.05) is 18.5 Å². The molecule has 0 unspecified atom stereocenters. The number of nitro groups is 1. The number of hydrogen-bond donors (Lipinski definition) is 0. The number of nitrogens with zero attached hydrogens (tertiary/aromatic N) is 3. The van der Waals surface area contributed by atoms with E-state index in [9.17, 15) is 14.5 Å². The molecule has 1 aromatic heterocycles. The molecule has 0 bridgehead atoms. The van der Waals surface area contributed by atoms with Gasteiger partial charge in [0.2, 0.25) is 0 Å². The van der Waals surface area contributed by atoms with Crippen molar-refractivity contribution < 1.29 is 14.1 Å². The van der Waals surface area contributed by atoms with Gasteiger partial charge in [0.25, 0.3) is 11.6 Å². The molecule has 0 aliphatic rings. The van der Waals surface area contributed by atoms with E-state index in [1.54, 1.807) is 0 Å². The van der Waals surface area contributed by atoms with Crippen LogP contribution in [0.25, 0.3) is 0 Å². The number of nitro benzene ring substituents is 1. The van der Waals surface area contributed by atoms with Crippen molar-refractivity contribution in [2.45, 2.75) is 0 Å². The number of non-ortho nitro benzene ring substituents is 1.